The Labute approximate surface area is 259 Å². The first-order valence-corrected chi connectivity index (χ1v) is 16.0. The van der Waals surface area contributed by atoms with Crippen LogP contribution < -0.4 is 4.90 Å². The van der Waals surface area contributed by atoms with E-state index in [2.05, 4.69) is 34.4 Å². The van der Waals surface area contributed by atoms with Crippen molar-refractivity contribution in [1.82, 2.24) is 14.9 Å². The van der Waals surface area contributed by atoms with Gasteiger partial charge in [-0.1, -0.05) is 38.2 Å². The van der Waals surface area contributed by atoms with Crippen molar-refractivity contribution in [3.63, 3.8) is 0 Å². The number of cyclic esters (lactones) is 1. The fourth-order valence-electron chi connectivity index (χ4n) is 8.49. The van der Waals surface area contributed by atoms with Gasteiger partial charge >= 0.3 is 5.97 Å². The van der Waals surface area contributed by atoms with Crippen LogP contribution in [0.4, 0.5) is 5.95 Å². The van der Waals surface area contributed by atoms with Crippen molar-refractivity contribution in [3.05, 3.63) is 59.7 Å². The Kier molecular flexibility index (Phi) is 8.82. The fourth-order valence-corrected chi connectivity index (χ4v) is 8.49. The lowest BCUT2D eigenvalue weighted by molar-refractivity contribution is -0.156. The highest BCUT2D eigenvalue weighted by Gasteiger charge is 2.59. The van der Waals surface area contributed by atoms with Crippen molar-refractivity contribution >= 4 is 18.0 Å². The summed E-state index contributed by atoms with van der Waals surface area (Å²) in [7, 11) is 0. The highest BCUT2D eigenvalue weighted by atomic mass is 16.5. The normalized spacial score (nSPS) is 37.5. The monoisotopic (exact) mass is 606 g/mol. The summed E-state index contributed by atoms with van der Waals surface area (Å²) in [5.41, 5.74) is 1.42. The van der Waals surface area contributed by atoms with E-state index >= 15 is 0 Å². The second-order valence-electron chi connectivity index (χ2n) is 13.6. The number of anilines is 1. The quantitative estimate of drug-likeness (QED) is 0.315. The van der Waals surface area contributed by atoms with Crippen LogP contribution in [0.3, 0.4) is 0 Å². The Morgan fingerprint density at radius 1 is 1.14 bits per heavy atom. The topological polar surface area (TPSA) is 128 Å². The maximum absolute atomic E-state index is 12.9. The highest BCUT2D eigenvalue weighted by molar-refractivity contribution is 5.96. The molecule has 1 aromatic heterocycles. The number of allylic oxidation sites excluding steroid dienone is 2. The Morgan fingerprint density at radius 2 is 1.89 bits per heavy atom. The summed E-state index contributed by atoms with van der Waals surface area (Å²) in [6.45, 7) is 12.7. The first-order valence-electron chi connectivity index (χ1n) is 16.0. The largest absolute Gasteiger partial charge is 0.423 e. The SMILES string of the molecule is C=C1C(N2CCOCC2)CC2[C@](C)(CC[C@@H](O)[C@@]2(C)CO)C1C=CC1=CC(=Cc2cnc(N3CCCC3CO)nc2)OC1=O. The van der Waals surface area contributed by atoms with E-state index in [-0.39, 0.29) is 42.5 Å². The predicted molar refractivity (Wildman–Crippen MR) is 166 cm³/mol. The van der Waals surface area contributed by atoms with E-state index in [1.54, 1.807) is 24.5 Å². The van der Waals surface area contributed by atoms with Crippen LogP contribution in [0.2, 0.25) is 0 Å². The summed E-state index contributed by atoms with van der Waals surface area (Å²) in [6, 6.07) is 0.143. The molecule has 0 radical (unpaired) electrons. The summed E-state index contributed by atoms with van der Waals surface area (Å²) < 4.78 is 11.2. The molecule has 238 valence electrons. The summed E-state index contributed by atoms with van der Waals surface area (Å²) in [5.74, 6) is 0.608. The van der Waals surface area contributed by atoms with Crippen LogP contribution in [-0.2, 0) is 14.3 Å². The van der Waals surface area contributed by atoms with Gasteiger partial charge in [-0.25, -0.2) is 14.8 Å². The zero-order chi connectivity index (χ0) is 31.1. The number of aromatic nitrogens is 2. The molecule has 10 heteroatoms. The van der Waals surface area contributed by atoms with E-state index in [0.717, 1.165) is 50.9 Å². The van der Waals surface area contributed by atoms with Gasteiger partial charge in [-0.2, -0.15) is 0 Å². The Morgan fingerprint density at radius 3 is 2.59 bits per heavy atom. The molecular weight excluding hydrogens is 560 g/mol. The number of hydrogen-bond acceptors (Lipinski definition) is 10. The first kappa shape index (κ1) is 31.1. The van der Waals surface area contributed by atoms with Gasteiger partial charge < -0.3 is 29.7 Å². The predicted octanol–water partition coefficient (Wildman–Crippen LogP) is 2.87. The highest BCUT2D eigenvalue weighted by Crippen LogP contribution is 2.62. The van der Waals surface area contributed by atoms with Gasteiger partial charge in [0.25, 0.3) is 0 Å². The zero-order valence-corrected chi connectivity index (χ0v) is 25.9. The van der Waals surface area contributed by atoms with E-state index in [1.165, 1.54) is 0 Å². The Hall–Kier alpha value is -2.89. The molecular formula is C34H46N4O6. The van der Waals surface area contributed by atoms with E-state index in [1.807, 2.05) is 17.9 Å². The minimum Gasteiger partial charge on any atom is -0.423 e. The standard InChI is InChI=1S/C34H46N4O6/c1-22-27(33(2)9-8-30(41)34(3,21-40)29(33)17-28(22)37-11-13-43-14-12-37)7-6-24-16-26(44-31(24)42)15-23-18-35-32(36-19-23)38-10-4-5-25(38)20-39/h6-7,15-16,18-19,25,27-30,39-41H,1,4-5,8-14,17,20-21H2,2-3H3/t25?,27?,28?,29?,30-,33-,34+/m1/s1. The van der Waals surface area contributed by atoms with E-state index in [9.17, 15) is 20.1 Å². The van der Waals surface area contributed by atoms with Gasteiger partial charge in [-0.15, -0.1) is 0 Å². The summed E-state index contributed by atoms with van der Waals surface area (Å²) >= 11 is 0. The first-order chi connectivity index (χ1) is 21.2. The van der Waals surface area contributed by atoms with Gasteiger partial charge in [-0.05, 0) is 55.6 Å². The second kappa shape index (κ2) is 12.5. The van der Waals surface area contributed by atoms with E-state index in [4.69, 9.17) is 9.47 Å². The molecule has 2 saturated heterocycles. The van der Waals surface area contributed by atoms with Gasteiger partial charge in [0.15, 0.2) is 0 Å². The lowest BCUT2D eigenvalue weighted by Crippen LogP contribution is -2.61. The number of aliphatic hydroxyl groups is 3. The molecule has 7 atom stereocenters. The number of ether oxygens (including phenoxy) is 2. The lowest BCUT2D eigenvalue weighted by atomic mass is 9.45. The minimum absolute atomic E-state index is 0.0465. The van der Waals surface area contributed by atoms with E-state index in [0.29, 0.717) is 42.5 Å². The summed E-state index contributed by atoms with van der Waals surface area (Å²) in [4.78, 5) is 26.4. The zero-order valence-electron chi connectivity index (χ0n) is 25.9. The number of nitrogens with zero attached hydrogens (tertiary/aromatic N) is 4. The molecule has 3 N–H and O–H groups in total. The number of aliphatic hydroxyl groups excluding tert-OH is 3. The average Bonchev–Trinajstić information content (AvgIpc) is 3.65. The molecule has 44 heavy (non-hydrogen) atoms. The number of esters is 1. The molecule has 2 aliphatic carbocycles. The molecule has 4 heterocycles. The van der Waals surface area contributed by atoms with Crippen molar-refractivity contribution in [2.75, 3.05) is 51.0 Å². The molecule has 0 aromatic carbocycles. The van der Waals surface area contributed by atoms with Crippen LogP contribution in [0.15, 0.2) is 54.1 Å². The van der Waals surface area contributed by atoms with Crippen molar-refractivity contribution < 1.29 is 29.6 Å². The van der Waals surface area contributed by atoms with Crippen LogP contribution in [0, 0.1) is 22.7 Å². The van der Waals surface area contributed by atoms with Gasteiger partial charge in [0.1, 0.15) is 5.76 Å². The molecule has 6 rings (SSSR count). The van der Waals surface area contributed by atoms with Crippen molar-refractivity contribution in [3.8, 4) is 0 Å². The van der Waals surface area contributed by atoms with Gasteiger partial charge in [-0.3, -0.25) is 4.90 Å². The number of carbonyl (C=O) groups excluding carboxylic acids is 1. The molecule has 0 amide bonds. The number of carbonyl (C=O) groups is 1. The number of fused-ring (bicyclic) bond motifs is 1. The van der Waals surface area contributed by atoms with Crippen LogP contribution in [0.1, 0.15) is 51.5 Å². The molecule has 0 bridgehead atoms. The van der Waals surface area contributed by atoms with Gasteiger partial charge in [0, 0.05) is 55.0 Å². The third-order valence-electron chi connectivity index (χ3n) is 11.2. The van der Waals surface area contributed by atoms with Crippen LogP contribution in [0.25, 0.3) is 6.08 Å². The third kappa shape index (κ3) is 5.56. The maximum atomic E-state index is 12.9. The second-order valence-corrected chi connectivity index (χ2v) is 13.6. The summed E-state index contributed by atoms with van der Waals surface area (Å²) in [6.07, 6.45) is 14.4. The van der Waals surface area contributed by atoms with Crippen molar-refractivity contribution in [1.29, 1.82) is 0 Å². The maximum Gasteiger partial charge on any atom is 0.343 e. The Bertz CT molecular complexity index is 1340. The minimum atomic E-state index is -0.628. The number of morpholine rings is 1. The lowest BCUT2D eigenvalue weighted by Gasteiger charge is -2.62. The van der Waals surface area contributed by atoms with Crippen LogP contribution in [-0.4, -0.2) is 100 Å². The van der Waals surface area contributed by atoms with Gasteiger partial charge in [0.05, 0.1) is 44.1 Å². The smallest absolute Gasteiger partial charge is 0.343 e. The molecule has 5 aliphatic rings. The average molecular weight is 607 g/mol. The number of hydrogen-bond donors (Lipinski definition) is 3. The Balaban J connectivity index is 1.25. The summed E-state index contributed by atoms with van der Waals surface area (Å²) in [5, 5.41) is 31.3. The molecule has 2 saturated carbocycles. The number of rotatable bonds is 7. The molecule has 0 spiro atoms. The fraction of sp³-hybridized carbons (Fsp3) is 0.618. The molecule has 4 fully saturated rings. The molecule has 3 aliphatic heterocycles. The van der Waals surface area contributed by atoms with Crippen molar-refractivity contribution in [2.24, 2.45) is 22.7 Å². The third-order valence-corrected chi connectivity index (χ3v) is 11.2. The van der Waals surface area contributed by atoms with Gasteiger partial charge in [0.2, 0.25) is 5.95 Å². The van der Waals surface area contributed by atoms with Crippen LogP contribution >= 0.6 is 0 Å². The molecule has 1 aromatic rings. The molecule has 10 nitrogen and oxygen atoms in total. The van der Waals surface area contributed by atoms with E-state index < -0.39 is 17.5 Å². The van der Waals surface area contributed by atoms with Crippen LogP contribution in [0.5, 0.6) is 0 Å². The molecule has 4 unspecified atom stereocenters. The van der Waals surface area contributed by atoms with Crippen molar-refractivity contribution in [2.45, 2.75) is 64.1 Å².